The number of amides is 1. The fourth-order valence-corrected chi connectivity index (χ4v) is 4.85. The highest BCUT2D eigenvalue weighted by Gasteiger charge is 2.32. The average molecular weight is 553 g/mol. The van der Waals surface area contributed by atoms with Crippen molar-refractivity contribution >= 4 is 34.6 Å². The van der Waals surface area contributed by atoms with Crippen LogP contribution < -0.4 is 25.3 Å². The molecule has 2 fully saturated rings. The largest absolute Gasteiger partial charge is 0.494 e. The topological polar surface area (TPSA) is 101 Å². The standard InChI is InChI=1S/C28H30F2N6O4/c1-4-27(37)34-20-12-21(24(38-3)13-23(20)35-9-11-39-17(2)15-35)33-25-14-26(32-16-31-25)36-22(8-10-40-36)18-6-5-7-19(29)28(18)30/h4-7,12-14,16-17,22H,1,8-11,15H2,2-3H3,(H,34,37)(H,31,32,33)/t17-,22-/m1/s1. The molecule has 2 saturated heterocycles. The summed E-state index contributed by atoms with van der Waals surface area (Å²) in [5.74, 6) is -0.916. The Bertz CT molecular complexity index is 1410. The van der Waals surface area contributed by atoms with Crippen LogP contribution in [0, 0.1) is 11.6 Å². The number of anilines is 5. The molecular formula is C28H30F2N6O4. The molecule has 2 aliphatic heterocycles. The lowest BCUT2D eigenvalue weighted by Gasteiger charge is -2.34. The van der Waals surface area contributed by atoms with Crippen molar-refractivity contribution in [3.63, 3.8) is 0 Å². The molecule has 2 N–H and O–H groups in total. The third kappa shape index (κ3) is 5.68. The summed E-state index contributed by atoms with van der Waals surface area (Å²) >= 11 is 0. The van der Waals surface area contributed by atoms with Gasteiger partial charge in [0.05, 0.1) is 49.5 Å². The van der Waals surface area contributed by atoms with Crippen LogP contribution in [-0.4, -0.2) is 55.4 Å². The van der Waals surface area contributed by atoms with Gasteiger partial charge < -0.3 is 25.0 Å². The molecule has 0 saturated carbocycles. The van der Waals surface area contributed by atoms with Gasteiger partial charge in [0, 0.05) is 37.2 Å². The lowest BCUT2D eigenvalue weighted by molar-refractivity contribution is -0.111. The summed E-state index contributed by atoms with van der Waals surface area (Å²) in [5, 5.41) is 7.56. The first-order valence-electron chi connectivity index (χ1n) is 12.8. The van der Waals surface area contributed by atoms with E-state index in [-0.39, 0.29) is 17.6 Å². The van der Waals surface area contributed by atoms with Gasteiger partial charge in [-0.3, -0.25) is 9.63 Å². The van der Waals surface area contributed by atoms with E-state index < -0.39 is 17.7 Å². The molecule has 2 aromatic carbocycles. The summed E-state index contributed by atoms with van der Waals surface area (Å²) in [7, 11) is 1.55. The van der Waals surface area contributed by atoms with Crippen molar-refractivity contribution in [2.45, 2.75) is 25.5 Å². The van der Waals surface area contributed by atoms with Crippen molar-refractivity contribution in [2.75, 3.05) is 54.0 Å². The maximum Gasteiger partial charge on any atom is 0.247 e. The van der Waals surface area contributed by atoms with Gasteiger partial charge in [-0.15, -0.1) is 0 Å². The second-order valence-corrected chi connectivity index (χ2v) is 9.38. The Balaban J connectivity index is 1.46. The number of nitrogens with one attached hydrogen (secondary N) is 2. The molecule has 5 rings (SSSR count). The Kier molecular flexibility index (Phi) is 8.08. The van der Waals surface area contributed by atoms with Crippen molar-refractivity contribution < 1.29 is 27.9 Å². The molecule has 1 amide bonds. The molecule has 1 aromatic heterocycles. The summed E-state index contributed by atoms with van der Waals surface area (Å²) in [6.45, 7) is 7.71. The number of halogens is 2. The minimum atomic E-state index is -0.921. The minimum absolute atomic E-state index is 0.0254. The van der Waals surface area contributed by atoms with Crippen molar-refractivity contribution in [3.8, 4) is 5.75 Å². The van der Waals surface area contributed by atoms with E-state index in [1.807, 2.05) is 13.0 Å². The third-order valence-electron chi connectivity index (χ3n) is 6.73. The van der Waals surface area contributed by atoms with Gasteiger partial charge in [0.15, 0.2) is 17.5 Å². The molecule has 0 spiro atoms. The number of benzene rings is 2. The number of nitrogens with zero attached hydrogens (tertiary/aromatic N) is 4. The highest BCUT2D eigenvalue weighted by Crippen LogP contribution is 2.40. The molecule has 0 aliphatic carbocycles. The Morgan fingerprint density at radius 1 is 1.20 bits per heavy atom. The second kappa shape index (κ2) is 11.8. The maximum absolute atomic E-state index is 14.6. The van der Waals surface area contributed by atoms with Crippen LogP contribution in [0.1, 0.15) is 24.9 Å². The predicted octanol–water partition coefficient (Wildman–Crippen LogP) is 4.74. The quantitative estimate of drug-likeness (QED) is 0.384. The third-order valence-corrected chi connectivity index (χ3v) is 6.73. The lowest BCUT2D eigenvalue weighted by Crippen LogP contribution is -2.41. The van der Waals surface area contributed by atoms with Crippen molar-refractivity contribution in [2.24, 2.45) is 0 Å². The molecule has 2 atom stereocenters. The lowest BCUT2D eigenvalue weighted by atomic mass is 10.0. The van der Waals surface area contributed by atoms with Gasteiger partial charge in [-0.05, 0) is 25.1 Å². The molecule has 210 valence electrons. The molecule has 2 aliphatic rings. The van der Waals surface area contributed by atoms with Gasteiger partial charge >= 0.3 is 0 Å². The Morgan fingerprint density at radius 3 is 2.83 bits per heavy atom. The summed E-state index contributed by atoms with van der Waals surface area (Å²) in [5.41, 5.74) is 2.05. The monoisotopic (exact) mass is 552 g/mol. The highest BCUT2D eigenvalue weighted by atomic mass is 19.2. The van der Waals surface area contributed by atoms with Crippen LogP contribution in [0.3, 0.4) is 0 Å². The number of ether oxygens (including phenoxy) is 2. The van der Waals surface area contributed by atoms with Crippen LogP contribution in [0.5, 0.6) is 5.75 Å². The van der Waals surface area contributed by atoms with Gasteiger partial charge in [0.2, 0.25) is 5.91 Å². The van der Waals surface area contributed by atoms with E-state index in [2.05, 4.69) is 32.1 Å². The fourth-order valence-electron chi connectivity index (χ4n) is 4.85. The number of carbonyl (C=O) groups excluding carboxylic acids is 1. The van der Waals surface area contributed by atoms with Crippen LogP contribution in [0.2, 0.25) is 0 Å². The van der Waals surface area contributed by atoms with Crippen molar-refractivity contribution in [1.29, 1.82) is 0 Å². The van der Waals surface area contributed by atoms with Gasteiger partial charge in [-0.2, -0.15) is 0 Å². The molecule has 10 nitrogen and oxygen atoms in total. The number of hydroxylamine groups is 1. The predicted molar refractivity (Wildman–Crippen MR) is 147 cm³/mol. The first-order valence-corrected chi connectivity index (χ1v) is 12.8. The Labute approximate surface area is 230 Å². The fraction of sp³-hybridized carbons (Fsp3) is 0.321. The molecule has 3 heterocycles. The molecular weight excluding hydrogens is 522 g/mol. The molecule has 12 heteroatoms. The van der Waals surface area contributed by atoms with Crippen LogP contribution in [0.15, 0.2) is 55.4 Å². The van der Waals surface area contributed by atoms with E-state index in [1.54, 1.807) is 19.2 Å². The average Bonchev–Trinajstić information content (AvgIpc) is 3.44. The summed E-state index contributed by atoms with van der Waals surface area (Å²) < 4.78 is 39.8. The van der Waals surface area contributed by atoms with E-state index in [9.17, 15) is 13.6 Å². The minimum Gasteiger partial charge on any atom is -0.494 e. The van der Waals surface area contributed by atoms with E-state index in [4.69, 9.17) is 14.3 Å². The number of methoxy groups -OCH3 is 1. The second-order valence-electron chi connectivity index (χ2n) is 9.38. The van der Waals surface area contributed by atoms with Gasteiger partial charge in [-0.1, -0.05) is 18.7 Å². The maximum atomic E-state index is 14.6. The van der Waals surface area contributed by atoms with E-state index in [0.717, 1.165) is 11.8 Å². The zero-order valence-electron chi connectivity index (χ0n) is 22.2. The molecule has 0 unspecified atom stereocenters. The van der Waals surface area contributed by atoms with Crippen LogP contribution in [-0.2, 0) is 14.4 Å². The summed E-state index contributed by atoms with van der Waals surface area (Å²) in [6.07, 6.45) is 3.02. The van der Waals surface area contributed by atoms with Crippen LogP contribution >= 0.6 is 0 Å². The van der Waals surface area contributed by atoms with Crippen molar-refractivity contribution in [1.82, 2.24) is 9.97 Å². The number of morpholine rings is 1. The van der Waals surface area contributed by atoms with Crippen molar-refractivity contribution in [3.05, 3.63) is 72.6 Å². The molecule has 3 aromatic rings. The number of hydrogen-bond acceptors (Lipinski definition) is 9. The number of carbonyl (C=O) groups is 1. The van der Waals surface area contributed by atoms with E-state index in [0.29, 0.717) is 61.5 Å². The summed E-state index contributed by atoms with van der Waals surface area (Å²) in [4.78, 5) is 28.8. The number of hydrogen-bond donors (Lipinski definition) is 2. The summed E-state index contributed by atoms with van der Waals surface area (Å²) in [6, 6.07) is 8.75. The van der Waals surface area contributed by atoms with Gasteiger partial charge in [-0.25, -0.2) is 23.8 Å². The first kappa shape index (κ1) is 27.3. The zero-order chi connectivity index (χ0) is 28.2. The van der Waals surface area contributed by atoms with Gasteiger partial charge in [0.1, 0.15) is 17.9 Å². The van der Waals surface area contributed by atoms with Crippen LogP contribution in [0.4, 0.5) is 37.5 Å². The zero-order valence-corrected chi connectivity index (χ0v) is 22.2. The highest BCUT2D eigenvalue weighted by molar-refractivity contribution is 6.02. The smallest absolute Gasteiger partial charge is 0.247 e. The SMILES string of the molecule is C=CC(=O)Nc1cc(Nc2cc(N3OCC[C@@H]3c3cccc(F)c3F)ncn2)c(OC)cc1N1CCO[C@H](C)C1. The van der Waals surface area contributed by atoms with Crippen LogP contribution in [0.25, 0.3) is 0 Å². The number of aromatic nitrogens is 2. The number of rotatable bonds is 8. The molecule has 0 radical (unpaired) electrons. The van der Waals surface area contributed by atoms with Gasteiger partial charge in [0.25, 0.3) is 0 Å². The normalized spacial score (nSPS) is 18.9. The van der Waals surface area contributed by atoms with E-state index in [1.165, 1.54) is 29.6 Å². The Morgan fingerprint density at radius 2 is 2.05 bits per heavy atom. The molecule has 40 heavy (non-hydrogen) atoms. The first-order chi connectivity index (χ1) is 19.4. The Hall–Kier alpha value is -4.29. The molecule has 0 bridgehead atoms. The van der Waals surface area contributed by atoms with E-state index >= 15 is 0 Å².